The van der Waals surface area contributed by atoms with Crippen LogP contribution in [0.15, 0.2) is 23.1 Å². The fraction of sp³-hybridized carbons (Fsp3) is 0.500. The summed E-state index contributed by atoms with van der Waals surface area (Å²) in [6.07, 6.45) is 1.77. The van der Waals surface area contributed by atoms with Gasteiger partial charge in [0.2, 0.25) is 10.0 Å². The van der Waals surface area contributed by atoms with E-state index >= 15 is 0 Å². The first-order chi connectivity index (χ1) is 10.3. The number of benzene rings is 1. The molecular formula is C14H15F2NO4S. The standard InChI is InChI=1S/C14H15F2NO4S/c15-10-3-4-11(16)12(6-10)22(20,21)17-7-9-2-1-5-14(9,8-17)13(18)19/h3-4,6,9H,1-2,5,7-8H2,(H,18,19)/t9-,14+/m0/s1. The van der Waals surface area contributed by atoms with Gasteiger partial charge in [-0.25, -0.2) is 17.2 Å². The lowest BCUT2D eigenvalue weighted by molar-refractivity contribution is -0.149. The average molecular weight is 331 g/mol. The number of carbonyl (C=O) groups is 1. The van der Waals surface area contributed by atoms with E-state index < -0.39 is 37.9 Å². The number of sulfonamides is 1. The summed E-state index contributed by atoms with van der Waals surface area (Å²) in [6.45, 7) is -0.157. The Bertz CT molecular complexity index is 736. The zero-order chi connectivity index (χ0) is 16.1. The molecule has 5 nitrogen and oxygen atoms in total. The molecule has 1 aliphatic carbocycles. The SMILES string of the molecule is O=C(O)[C@@]12CCC[C@H]1CN(S(=O)(=O)c1cc(F)ccc1F)C2. The molecule has 1 saturated heterocycles. The Kier molecular flexibility index (Phi) is 3.48. The number of rotatable bonds is 3. The minimum atomic E-state index is -4.25. The molecule has 1 saturated carbocycles. The van der Waals surface area contributed by atoms with Crippen molar-refractivity contribution >= 4 is 16.0 Å². The minimum absolute atomic E-state index is 0.0323. The van der Waals surface area contributed by atoms with E-state index in [1.807, 2.05) is 0 Å². The fourth-order valence-corrected chi connectivity index (χ4v) is 5.22. The van der Waals surface area contributed by atoms with Gasteiger partial charge in [-0.1, -0.05) is 6.42 Å². The van der Waals surface area contributed by atoms with Gasteiger partial charge in [-0.15, -0.1) is 0 Å². The van der Waals surface area contributed by atoms with Gasteiger partial charge < -0.3 is 5.11 Å². The molecule has 0 amide bonds. The molecule has 120 valence electrons. The third kappa shape index (κ3) is 2.13. The topological polar surface area (TPSA) is 74.7 Å². The van der Waals surface area contributed by atoms with Gasteiger partial charge in [-0.2, -0.15) is 4.31 Å². The highest BCUT2D eigenvalue weighted by molar-refractivity contribution is 7.89. The lowest BCUT2D eigenvalue weighted by Crippen LogP contribution is -2.37. The molecular weight excluding hydrogens is 316 g/mol. The zero-order valence-corrected chi connectivity index (χ0v) is 12.4. The fourth-order valence-electron chi connectivity index (χ4n) is 3.59. The van der Waals surface area contributed by atoms with Gasteiger partial charge in [-0.05, 0) is 37.0 Å². The summed E-state index contributed by atoms with van der Waals surface area (Å²) in [6, 6.07) is 2.23. The number of carboxylic acid groups (broad SMARTS) is 1. The Morgan fingerprint density at radius 1 is 1.36 bits per heavy atom. The Morgan fingerprint density at radius 2 is 2.09 bits per heavy atom. The molecule has 0 spiro atoms. The van der Waals surface area contributed by atoms with Crippen molar-refractivity contribution in [3.63, 3.8) is 0 Å². The normalized spacial score (nSPS) is 28.7. The van der Waals surface area contributed by atoms with Crippen LogP contribution in [0.25, 0.3) is 0 Å². The maximum Gasteiger partial charge on any atom is 0.311 e. The van der Waals surface area contributed by atoms with E-state index in [0.717, 1.165) is 22.9 Å². The molecule has 1 aromatic rings. The Balaban J connectivity index is 1.98. The number of halogens is 2. The van der Waals surface area contributed by atoms with Crippen LogP contribution in [0, 0.1) is 23.0 Å². The van der Waals surface area contributed by atoms with Gasteiger partial charge >= 0.3 is 5.97 Å². The first-order valence-electron chi connectivity index (χ1n) is 6.96. The van der Waals surface area contributed by atoms with E-state index in [4.69, 9.17) is 0 Å². The van der Waals surface area contributed by atoms with E-state index in [0.29, 0.717) is 18.9 Å². The average Bonchev–Trinajstić information content (AvgIpc) is 2.99. The van der Waals surface area contributed by atoms with Crippen molar-refractivity contribution in [3.8, 4) is 0 Å². The maximum atomic E-state index is 13.8. The second-order valence-electron chi connectivity index (χ2n) is 5.92. The van der Waals surface area contributed by atoms with Gasteiger partial charge in [0.25, 0.3) is 0 Å². The summed E-state index contributed by atoms with van der Waals surface area (Å²) in [5.74, 6) is -3.20. The summed E-state index contributed by atoms with van der Waals surface area (Å²) < 4.78 is 53.1. The summed E-state index contributed by atoms with van der Waals surface area (Å²) in [5.41, 5.74) is -1.10. The van der Waals surface area contributed by atoms with Crippen molar-refractivity contribution in [2.75, 3.05) is 13.1 Å². The molecule has 0 unspecified atom stereocenters. The number of fused-ring (bicyclic) bond motifs is 1. The van der Waals surface area contributed by atoms with Crippen molar-refractivity contribution in [2.45, 2.75) is 24.2 Å². The van der Waals surface area contributed by atoms with Gasteiger partial charge in [0.05, 0.1) is 5.41 Å². The highest BCUT2D eigenvalue weighted by Gasteiger charge is 2.57. The molecule has 1 aliphatic heterocycles. The molecule has 2 atom stereocenters. The van der Waals surface area contributed by atoms with Crippen LogP contribution in [-0.2, 0) is 14.8 Å². The van der Waals surface area contributed by atoms with Crippen LogP contribution in [0.5, 0.6) is 0 Å². The number of carboxylic acids is 1. The van der Waals surface area contributed by atoms with Crippen molar-refractivity contribution in [1.29, 1.82) is 0 Å². The molecule has 1 aromatic carbocycles. The van der Waals surface area contributed by atoms with Crippen LogP contribution < -0.4 is 0 Å². The lowest BCUT2D eigenvalue weighted by Gasteiger charge is -2.23. The predicted octanol–water partition coefficient (Wildman–Crippen LogP) is 1.84. The molecule has 22 heavy (non-hydrogen) atoms. The van der Waals surface area contributed by atoms with E-state index in [1.165, 1.54) is 0 Å². The van der Waals surface area contributed by atoms with Crippen molar-refractivity contribution in [2.24, 2.45) is 11.3 Å². The number of hydrogen-bond donors (Lipinski definition) is 1. The lowest BCUT2D eigenvalue weighted by atomic mass is 9.81. The molecule has 0 aromatic heterocycles. The van der Waals surface area contributed by atoms with E-state index in [9.17, 15) is 27.1 Å². The molecule has 1 N–H and O–H groups in total. The van der Waals surface area contributed by atoms with Crippen LogP contribution in [0.4, 0.5) is 8.78 Å². The second kappa shape index (κ2) is 4.99. The minimum Gasteiger partial charge on any atom is -0.481 e. The van der Waals surface area contributed by atoms with Crippen LogP contribution >= 0.6 is 0 Å². The predicted molar refractivity (Wildman–Crippen MR) is 72.5 cm³/mol. The summed E-state index contributed by atoms with van der Waals surface area (Å²) in [4.78, 5) is 10.8. The third-order valence-corrected chi connectivity index (χ3v) is 6.60. The largest absolute Gasteiger partial charge is 0.481 e. The van der Waals surface area contributed by atoms with E-state index in [1.54, 1.807) is 0 Å². The zero-order valence-electron chi connectivity index (χ0n) is 11.6. The molecule has 0 bridgehead atoms. The summed E-state index contributed by atoms with van der Waals surface area (Å²) in [7, 11) is -4.25. The van der Waals surface area contributed by atoms with E-state index in [2.05, 4.69) is 0 Å². The highest BCUT2D eigenvalue weighted by atomic mass is 32.2. The third-order valence-electron chi connectivity index (χ3n) is 4.78. The highest BCUT2D eigenvalue weighted by Crippen LogP contribution is 2.50. The van der Waals surface area contributed by atoms with Crippen molar-refractivity contribution < 1.29 is 27.1 Å². The number of aliphatic carboxylic acids is 1. The summed E-state index contributed by atoms with van der Waals surface area (Å²) in [5, 5.41) is 9.47. The maximum absolute atomic E-state index is 13.8. The molecule has 8 heteroatoms. The van der Waals surface area contributed by atoms with Gasteiger partial charge in [-0.3, -0.25) is 4.79 Å². The second-order valence-corrected chi connectivity index (χ2v) is 7.83. The van der Waals surface area contributed by atoms with Crippen molar-refractivity contribution in [1.82, 2.24) is 4.31 Å². The van der Waals surface area contributed by atoms with Gasteiger partial charge in [0.15, 0.2) is 0 Å². The Hall–Kier alpha value is -1.54. The van der Waals surface area contributed by atoms with Crippen LogP contribution in [0.3, 0.4) is 0 Å². The van der Waals surface area contributed by atoms with Crippen molar-refractivity contribution in [3.05, 3.63) is 29.8 Å². The molecule has 0 radical (unpaired) electrons. The van der Waals surface area contributed by atoms with E-state index in [-0.39, 0.29) is 19.0 Å². The molecule has 1 heterocycles. The molecule has 2 aliphatic rings. The van der Waals surface area contributed by atoms with Gasteiger partial charge in [0.1, 0.15) is 16.5 Å². The molecule has 2 fully saturated rings. The first-order valence-corrected chi connectivity index (χ1v) is 8.40. The van der Waals surface area contributed by atoms with Crippen LogP contribution in [-0.4, -0.2) is 36.9 Å². The number of nitrogens with zero attached hydrogens (tertiary/aromatic N) is 1. The first kappa shape index (κ1) is 15.4. The molecule has 3 rings (SSSR count). The van der Waals surface area contributed by atoms with Crippen LogP contribution in [0.1, 0.15) is 19.3 Å². The Labute approximate surface area is 126 Å². The Morgan fingerprint density at radius 3 is 2.73 bits per heavy atom. The van der Waals surface area contributed by atoms with Crippen LogP contribution in [0.2, 0.25) is 0 Å². The monoisotopic (exact) mass is 331 g/mol. The summed E-state index contributed by atoms with van der Waals surface area (Å²) >= 11 is 0. The smallest absolute Gasteiger partial charge is 0.311 e. The van der Waals surface area contributed by atoms with Gasteiger partial charge in [0, 0.05) is 13.1 Å². The quantitative estimate of drug-likeness (QED) is 0.917. The number of hydrogen-bond acceptors (Lipinski definition) is 3.